The van der Waals surface area contributed by atoms with E-state index in [4.69, 9.17) is 6.42 Å². The zero-order valence-electron chi connectivity index (χ0n) is 9.76. The summed E-state index contributed by atoms with van der Waals surface area (Å²) < 4.78 is 25.7. The molecule has 0 saturated carbocycles. The summed E-state index contributed by atoms with van der Waals surface area (Å²) in [6.45, 7) is 0.134. The van der Waals surface area contributed by atoms with Gasteiger partial charge in [-0.2, -0.15) is 4.31 Å². The highest BCUT2D eigenvalue weighted by Gasteiger charge is 2.34. The van der Waals surface area contributed by atoms with E-state index >= 15 is 0 Å². The molecule has 0 amide bonds. The third kappa shape index (κ3) is 2.21. The maximum absolute atomic E-state index is 12.2. The van der Waals surface area contributed by atoms with Gasteiger partial charge in [0.2, 0.25) is 10.0 Å². The van der Waals surface area contributed by atoms with Crippen molar-refractivity contribution in [2.24, 2.45) is 0 Å². The van der Waals surface area contributed by atoms with Crippen molar-refractivity contribution < 1.29 is 8.42 Å². The summed E-state index contributed by atoms with van der Waals surface area (Å²) in [5.41, 5.74) is 2.27. The zero-order chi connectivity index (χ0) is 12.5. The topological polar surface area (TPSA) is 37.4 Å². The lowest BCUT2D eigenvalue weighted by Crippen LogP contribution is -2.36. The first-order valence-corrected chi connectivity index (χ1v) is 7.01. The molecule has 90 valence electrons. The van der Waals surface area contributed by atoms with Gasteiger partial charge < -0.3 is 0 Å². The molecule has 0 spiro atoms. The van der Waals surface area contributed by atoms with Gasteiger partial charge in [-0.05, 0) is 24.0 Å². The molecule has 17 heavy (non-hydrogen) atoms. The van der Waals surface area contributed by atoms with Crippen LogP contribution in [0.5, 0.6) is 0 Å². The van der Waals surface area contributed by atoms with Crippen LogP contribution >= 0.6 is 0 Å². The van der Waals surface area contributed by atoms with Crippen molar-refractivity contribution in [2.45, 2.75) is 18.1 Å². The van der Waals surface area contributed by atoms with Crippen LogP contribution in [0.4, 0.5) is 0 Å². The predicted molar refractivity (Wildman–Crippen MR) is 68.0 cm³/mol. The van der Waals surface area contributed by atoms with Crippen molar-refractivity contribution in [3.63, 3.8) is 0 Å². The first-order valence-electron chi connectivity index (χ1n) is 5.51. The fourth-order valence-corrected chi connectivity index (χ4v) is 3.75. The number of fused-ring (bicyclic) bond motifs is 1. The zero-order valence-corrected chi connectivity index (χ0v) is 10.6. The Kier molecular flexibility index (Phi) is 3.23. The van der Waals surface area contributed by atoms with Crippen LogP contribution in [-0.4, -0.2) is 31.6 Å². The van der Waals surface area contributed by atoms with E-state index in [0.29, 0.717) is 12.8 Å². The minimum Gasteiger partial charge on any atom is -0.212 e. The molecular formula is C13H15NO2S. The molecule has 1 aromatic rings. The van der Waals surface area contributed by atoms with Crippen molar-refractivity contribution in [2.75, 3.05) is 13.6 Å². The van der Waals surface area contributed by atoms with E-state index in [0.717, 1.165) is 11.1 Å². The third-order valence-electron chi connectivity index (χ3n) is 3.18. The molecule has 4 heteroatoms. The van der Waals surface area contributed by atoms with Gasteiger partial charge in [-0.25, -0.2) is 8.42 Å². The van der Waals surface area contributed by atoms with Crippen LogP contribution in [0.3, 0.4) is 0 Å². The fourth-order valence-electron chi connectivity index (χ4n) is 2.20. The summed E-state index contributed by atoms with van der Waals surface area (Å²) >= 11 is 0. The lowest BCUT2D eigenvalue weighted by molar-refractivity contribution is 0.489. The Hall–Kier alpha value is -1.31. The van der Waals surface area contributed by atoms with E-state index in [-0.39, 0.29) is 11.8 Å². The van der Waals surface area contributed by atoms with Crippen molar-refractivity contribution >= 4 is 10.0 Å². The number of sulfonamides is 1. The van der Waals surface area contributed by atoms with Gasteiger partial charge in [-0.15, -0.1) is 6.42 Å². The monoisotopic (exact) mass is 249 g/mol. The smallest absolute Gasteiger partial charge is 0.212 e. The molecule has 2 rings (SSSR count). The van der Waals surface area contributed by atoms with Crippen molar-refractivity contribution in [1.29, 1.82) is 0 Å². The van der Waals surface area contributed by atoms with Gasteiger partial charge in [0.15, 0.2) is 0 Å². The Morgan fingerprint density at radius 1 is 1.35 bits per heavy atom. The van der Waals surface area contributed by atoms with Crippen LogP contribution in [0.2, 0.25) is 0 Å². The Morgan fingerprint density at radius 3 is 2.35 bits per heavy atom. The molecule has 0 unspecified atom stereocenters. The van der Waals surface area contributed by atoms with Crippen LogP contribution in [0, 0.1) is 12.3 Å². The lowest BCUT2D eigenvalue weighted by Gasteiger charge is -2.19. The van der Waals surface area contributed by atoms with Crippen LogP contribution in [0.25, 0.3) is 0 Å². The molecule has 0 bridgehead atoms. The molecule has 0 N–H and O–H groups in total. The minimum atomic E-state index is -3.28. The average molecular weight is 249 g/mol. The van der Waals surface area contributed by atoms with Crippen LogP contribution < -0.4 is 0 Å². The molecule has 0 aromatic heterocycles. The van der Waals surface area contributed by atoms with E-state index < -0.39 is 10.0 Å². The van der Waals surface area contributed by atoms with Crippen LogP contribution in [0.1, 0.15) is 11.1 Å². The number of hydrogen-bond acceptors (Lipinski definition) is 2. The summed E-state index contributed by atoms with van der Waals surface area (Å²) in [5, 5.41) is -0.363. The van der Waals surface area contributed by atoms with Gasteiger partial charge in [0.1, 0.15) is 0 Å². The number of hydrogen-bond donors (Lipinski definition) is 0. The van der Waals surface area contributed by atoms with Crippen LogP contribution in [-0.2, 0) is 22.9 Å². The molecule has 0 saturated heterocycles. The van der Waals surface area contributed by atoms with Gasteiger partial charge in [0.05, 0.1) is 11.8 Å². The molecule has 0 radical (unpaired) electrons. The normalized spacial score (nSPS) is 15.8. The number of terminal acetylenes is 1. The fraction of sp³-hybridized carbons (Fsp3) is 0.385. The second kappa shape index (κ2) is 4.52. The number of nitrogens with zero attached hydrogens (tertiary/aromatic N) is 1. The first kappa shape index (κ1) is 12.2. The molecule has 1 aromatic carbocycles. The minimum absolute atomic E-state index is 0.134. The van der Waals surface area contributed by atoms with Gasteiger partial charge in [0.25, 0.3) is 0 Å². The van der Waals surface area contributed by atoms with E-state index in [1.54, 1.807) is 0 Å². The highest BCUT2D eigenvalue weighted by Crippen LogP contribution is 2.27. The quantitative estimate of drug-likeness (QED) is 0.751. The largest absolute Gasteiger partial charge is 0.218 e. The Balaban J connectivity index is 2.21. The SMILES string of the molecule is C#CCN(C)S(=O)(=O)C1Cc2ccccc2C1. The lowest BCUT2D eigenvalue weighted by atomic mass is 10.1. The molecular weight excluding hydrogens is 234 g/mol. The number of rotatable bonds is 3. The van der Waals surface area contributed by atoms with E-state index in [1.807, 2.05) is 24.3 Å². The van der Waals surface area contributed by atoms with Gasteiger partial charge in [0, 0.05) is 7.05 Å². The average Bonchev–Trinajstić information content (AvgIpc) is 2.73. The van der Waals surface area contributed by atoms with Gasteiger partial charge >= 0.3 is 0 Å². The van der Waals surface area contributed by atoms with Crippen LogP contribution in [0.15, 0.2) is 24.3 Å². The molecule has 3 nitrogen and oxygen atoms in total. The highest BCUT2D eigenvalue weighted by atomic mass is 32.2. The molecule has 0 atom stereocenters. The summed E-state index contributed by atoms with van der Waals surface area (Å²) in [5.74, 6) is 2.36. The van der Waals surface area contributed by atoms with Gasteiger partial charge in [-0.1, -0.05) is 30.2 Å². The van der Waals surface area contributed by atoms with E-state index in [2.05, 4.69) is 5.92 Å². The standard InChI is InChI=1S/C13H15NO2S/c1-3-8-14(2)17(15,16)13-9-11-6-4-5-7-12(11)10-13/h1,4-7,13H,8-10H2,2H3. The predicted octanol–water partition coefficient (Wildman–Crippen LogP) is 1.05. The van der Waals surface area contributed by atoms with Crippen molar-refractivity contribution in [3.8, 4) is 12.3 Å². The molecule has 0 aliphatic heterocycles. The highest BCUT2D eigenvalue weighted by molar-refractivity contribution is 7.89. The molecule has 0 heterocycles. The summed E-state index contributed by atoms with van der Waals surface area (Å²) in [6, 6.07) is 7.87. The summed E-state index contributed by atoms with van der Waals surface area (Å²) in [6.07, 6.45) is 6.33. The van der Waals surface area contributed by atoms with Crippen molar-refractivity contribution in [3.05, 3.63) is 35.4 Å². The third-order valence-corrected chi connectivity index (χ3v) is 5.36. The Morgan fingerprint density at radius 2 is 1.88 bits per heavy atom. The second-order valence-corrected chi connectivity index (χ2v) is 6.62. The first-order chi connectivity index (χ1) is 8.05. The maximum atomic E-state index is 12.2. The van der Waals surface area contributed by atoms with E-state index in [9.17, 15) is 8.42 Å². The second-order valence-electron chi connectivity index (χ2n) is 4.30. The number of benzene rings is 1. The van der Waals surface area contributed by atoms with Crippen molar-refractivity contribution in [1.82, 2.24) is 4.31 Å². The van der Waals surface area contributed by atoms with E-state index in [1.165, 1.54) is 11.4 Å². The summed E-state index contributed by atoms with van der Waals surface area (Å²) in [4.78, 5) is 0. The molecule has 1 aliphatic carbocycles. The maximum Gasteiger partial charge on any atom is 0.218 e. The summed E-state index contributed by atoms with van der Waals surface area (Å²) in [7, 11) is -1.74. The molecule has 0 fully saturated rings. The Labute approximate surface area is 103 Å². The Bertz CT molecular complexity index is 532. The molecule has 1 aliphatic rings. The van der Waals surface area contributed by atoms with Gasteiger partial charge in [-0.3, -0.25) is 0 Å².